The van der Waals surface area contributed by atoms with Gasteiger partial charge in [0.2, 0.25) is 0 Å². The van der Waals surface area contributed by atoms with Crippen LogP contribution in [0.5, 0.6) is 0 Å². The number of anilines is 1. The van der Waals surface area contributed by atoms with Gasteiger partial charge in [-0.1, -0.05) is 0 Å². The summed E-state index contributed by atoms with van der Waals surface area (Å²) < 4.78 is 2.04. The van der Waals surface area contributed by atoms with Gasteiger partial charge in [0.15, 0.2) is 0 Å². The van der Waals surface area contributed by atoms with Crippen molar-refractivity contribution in [2.75, 3.05) is 5.32 Å². The largest absolute Gasteiger partial charge is 0.382 e. The minimum Gasteiger partial charge on any atom is -0.382 e. The minimum atomic E-state index is 0.409. The molecule has 2 aromatic heterocycles. The second kappa shape index (κ2) is 4.14. The van der Waals surface area contributed by atoms with E-state index in [-0.39, 0.29) is 0 Å². The Hall–Kier alpha value is -1.55. The highest BCUT2D eigenvalue weighted by atomic mass is 15.0. The monoisotopic (exact) mass is 218 g/mol. The molecule has 0 amide bonds. The van der Waals surface area contributed by atoms with Gasteiger partial charge in [0.1, 0.15) is 5.65 Å². The van der Waals surface area contributed by atoms with E-state index in [2.05, 4.69) is 30.2 Å². The van der Waals surface area contributed by atoms with Gasteiger partial charge >= 0.3 is 0 Å². The number of fused-ring (bicyclic) bond motifs is 1. The molecule has 0 aromatic carbocycles. The molecule has 2 heterocycles. The molecule has 0 spiro atoms. The molecule has 2 aromatic rings. The molecule has 0 aliphatic heterocycles. The average molecular weight is 218 g/mol. The predicted octanol–water partition coefficient (Wildman–Crippen LogP) is 1.85. The van der Waals surface area contributed by atoms with Crippen LogP contribution in [0, 0.1) is 0 Å². The molecule has 0 saturated heterocycles. The van der Waals surface area contributed by atoms with Crippen LogP contribution in [0.4, 0.5) is 5.69 Å². The van der Waals surface area contributed by atoms with E-state index in [1.165, 1.54) is 0 Å². The smallest absolute Gasteiger partial charge is 0.141 e. The van der Waals surface area contributed by atoms with Crippen LogP contribution in [0.1, 0.15) is 19.5 Å². The Balaban J connectivity index is 2.59. The third-order valence-corrected chi connectivity index (χ3v) is 2.68. The summed E-state index contributed by atoms with van der Waals surface area (Å²) in [6.45, 7) is 4.78. The van der Waals surface area contributed by atoms with Crippen LogP contribution in [-0.4, -0.2) is 15.6 Å². The number of aromatic nitrogens is 2. The molecule has 0 unspecified atom stereocenters. The van der Waals surface area contributed by atoms with Crippen LogP contribution in [0.2, 0.25) is 0 Å². The van der Waals surface area contributed by atoms with Gasteiger partial charge in [-0.15, -0.1) is 0 Å². The number of nitrogens with zero attached hydrogens (tertiary/aromatic N) is 2. The zero-order valence-electron chi connectivity index (χ0n) is 9.99. The molecule has 2 rings (SSSR count). The summed E-state index contributed by atoms with van der Waals surface area (Å²) in [5, 5.41) is 4.56. The van der Waals surface area contributed by atoms with Crippen molar-refractivity contribution in [3.63, 3.8) is 0 Å². The van der Waals surface area contributed by atoms with Crippen molar-refractivity contribution in [1.82, 2.24) is 9.55 Å². The van der Waals surface area contributed by atoms with Crippen molar-refractivity contribution in [3.8, 4) is 0 Å². The maximum Gasteiger partial charge on any atom is 0.141 e. The summed E-state index contributed by atoms with van der Waals surface area (Å²) in [7, 11) is 2.00. The quantitative estimate of drug-likeness (QED) is 0.826. The number of hydrogen-bond donors (Lipinski definition) is 2. The zero-order valence-corrected chi connectivity index (χ0v) is 9.99. The molecule has 0 aliphatic carbocycles. The average Bonchev–Trinajstić information content (AvgIpc) is 2.56. The van der Waals surface area contributed by atoms with Crippen LogP contribution in [0.15, 0.2) is 18.3 Å². The van der Waals surface area contributed by atoms with Gasteiger partial charge in [0.05, 0.1) is 0 Å². The highest BCUT2D eigenvalue weighted by Crippen LogP contribution is 2.24. The number of aryl methyl sites for hydroxylation is 1. The van der Waals surface area contributed by atoms with E-state index in [9.17, 15) is 0 Å². The molecule has 0 aliphatic rings. The highest BCUT2D eigenvalue weighted by Gasteiger charge is 2.09. The van der Waals surface area contributed by atoms with Crippen LogP contribution in [0.3, 0.4) is 0 Å². The maximum atomic E-state index is 5.70. The first kappa shape index (κ1) is 11.0. The lowest BCUT2D eigenvalue weighted by molar-refractivity contribution is 0.839. The Kier molecular flexibility index (Phi) is 2.83. The first-order valence-electron chi connectivity index (χ1n) is 5.53. The van der Waals surface area contributed by atoms with E-state index in [0.29, 0.717) is 12.6 Å². The SMILES string of the molecule is CC(C)Nc1ccnc2c1cc(CN)n2C. The van der Waals surface area contributed by atoms with E-state index in [1.54, 1.807) is 0 Å². The normalized spacial score (nSPS) is 11.3. The molecule has 0 fully saturated rings. The van der Waals surface area contributed by atoms with Gasteiger partial charge in [0.25, 0.3) is 0 Å². The van der Waals surface area contributed by atoms with Crippen molar-refractivity contribution >= 4 is 16.7 Å². The molecule has 0 atom stereocenters. The summed E-state index contributed by atoms with van der Waals surface area (Å²) in [5.41, 5.74) is 8.89. The standard InChI is InChI=1S/C12H18N4/c1-8(2)15-11-4-5-14-12-10(11)6-9(7-13)16(12)3/h4-6,8H,7,13H2,1-3H3,(H,14,15). The molecular weight excluding hydrogens is 200 g/mol. The molecule has 4 heteroatoms. The molecule has 4 nitrogen and oxygen atoms in total. The summed E-state index contributed by atoms with van der Waals surface area (Å²) >= 11 is 0. The van der Waals surface area contributed by atoms with E-state index in [0.717, 1.165) is 22.4 Å². The van der Waals surface area contributed by atoms with Crippen LogP contribution in [-0.2, 0) is 13.6 Å². The van der Waals surface area contributed by atoms with Crippen molar-refractivity contribution in [2.45, 2.75) is 26.4 Å². The van der Waals surface area contributed by atoms with E-state index in [4.69, 9.17) is 5.73 Å². The molecule has 0 saturated carbocycles. The van der Waals surface area contributed by atoms with E-state index >= 15 is 0 Å². The van der Waals surface area contributed by atoms with Gasteiger partial charge in [-0.3, -0.25) is 0 Å². The summed E-state index contributed by atoms with van der Waals surface area (Å²) in [6, 6.07) is 4.52. The first-order valence-corrected chi connectivity index (χ1v) is 5.53. The molecule has 3 N–H and O–H groups in total. The zero-order chi connectivity index (χ0) is 11.7. The fraction of sp³-hybridized carbons (Fsp3) is 0.417. The Morgan fingerprint density at radius 3 is 2.88 bits per heavy atom. The summed E-state index contributed by atoms with van der Waals surface area (Å²) in [6.07, 6.45) is 1.83. The molecule has 0 radical (unpaired) electrons. The van der Waals surface area contributed by atoms with Crippen molar-refractivity contribution in [2.24, 2.45) is 12.8 Å². The Bertz CT molecular complexity index is 499. The van der Waals surface area contributed by atoms with Gasteiger partial charge in [-0.05, 0) is 26.0 Å². The van der Waals surface area contributed by atoms with Gasteiger partial charge in [0, 0.05) is 42.6 Å². The third kappa shape index (κ3) is 1.76. The Labute approximate surface area is 95.5 Å². The molecule has 16 heavy (non-hydrogen) atoms. The highest BCUT2D eigenvalue weighted by molar-refractivity contribution is 5.90. The van der Waals surface area contributed by atoms with Crippen LogP contribution < -0.4 is 11.1 Å². The Morgan fingerprint density at radius 2 is 2.25 bits per heavy atom. The number of pyridine rings is 1. The van der Waals surface area contributed by atoms with Gasteiger partial charge in [-0.2, -0.15) is 0 Å². The van der Waals surface area contributed by atoms with Crippen molar-refractivity contribution in [3.05, 3.63) is 24.0 Å². The lowest BCUT2D eigenvalue weighted by atomic mass is 10.2. The van der Waals surface area contributed by atoms with Crippen LogP contribution >= 0.6 is 0 Å². The van der Waals surface area contributed by atoms with Crippen molar-refractivity contribution < 1.29 is 0 Å². The predicted molar refractivity (Wildman–Crippen MR) is 67.4 cm³/mol. The van der Waals surface area contributed by atoms with Crippen LogP contribution in [0.25, 0.3) is 11.0 Å². The lowest BCUT2D eigenvalue weighted by Crippen LogP contribution is -2.09. The van der Waals surface area contributed by atoms with E-state index < -0.39 is 0 Å². The second-order valence-corrected chi connectivity index (χ2v) is 4.29. The van der Waals surface area contributed by atoms with Crippen molar-refractivity contribution in [1.29, 1.82) is 0 Å². The van der Waals surface area contributed by atoms with Gasteiger partial charge < -0.3 is 15.6 Å². The first-order chi connectivity index (χ1) is 7.63. The number of rotatable bonds is 3. The fourth-order valence-corrected chi connectivity index (χ4v) is 1.90. The fourth-order valence-electron chi connectivity index (χ4n) is 1.90. The number of nitrogens with two attached hydrogens (primary N) is 1. The lowest BCUT2D eigenvalue weighted by Gasteiger charge is -2.10. The molecule has 86 valence electrons. The maximum absolute atomic E-state index is 5.70. The minimum absolute atomic E-state index is 0.409. The summed E-state index contributed by atoms with van der Waals surface area (Å²) in [4.78, 5) is 4.38. The number of nitrogens with one attached hydrogen (secondary N) is 1. The second-order valence-electron chi connectivity index (χ2n) is 4.29. The third-order valence-electron chi connectivity index (χ3n) is 2.68. The topological polar surface area (TPSA) is 55.9 Å². The number of hydrogen-bond acceptors (Lipinski definition) is 3. The van der Waals surface area contributed by atoms with E-state index in [1.807, 2.05) is 23.9 Å². The Morgan fingerprint density at radius 1 is 1.50 bits per heavy atom. The summed E-state index contributed by atoms with van der Waals surface area (Å²) in [5.74, 6) is 0. The van der Waals surface area contributed by atoms with Gasteiger partial charge in [-0.25, -0.2) is 4.98 Å². The molecular formula is C12H18N4. The molecule has 0 bridgehead atoms.